The Morgan fingerprint density at radius 2 is 2.20 bits per heavy atom. The lowest BCUT2D eigenvalue weighted by Crippen LogP contribution is -2.26. The van der Waals surface area contributed by atoms with E-state index in [1.807, 2.05) is 0 Å². The van der Waals surface area contributed by atoms with Crippen LogP contribution in [0.15, 0.2) is 24.3 Å². The quantitative estimate of drug-likeness (QED) is 0.763. The summed E-state index contributed by atoms with van der Waals surface area (Å²) in [7, 11) is 3.00. The lowest BCUT2D eigenvalue weighted by Gasteiger charge is -2.14. The van der Waals surface area contributed by atoms with E-state index in [1.165, 1.54) is 13.2 Å². The molecule has 0 saturated carbocycles. The average molecular weight is 211 g/mol. The lowest BCUT2D eigenvalue weighted by molar-refractivity contribution is -0.142. The molecule has 1 unspecified atom stereocenters. The highest BCUT2D eigenvalue weighted by atomic mass is 19.1. The summed E-state index contributed by atoms with van der Waals surface area (Å²) in [5.74, 6) is -1.42. The minimum Gasteiger partial charge on any atom is -0.469 e. The average Bonchev–Trinajstić information content (AvgIpc) is 2.26. The van der Waals surface area contributed by atoms with E-state index in [-0.39, 0.29) is 5.82 Å². The second-order valence-electron chi connectivity index (χ2n) is 3.15. The Labute approximate surface area is 88.2 Å². The van der Waals surface area contributed by atoms with Crippen LogP contribution in [0.4, 0.5) is 4.39 Å². The summed E-state index contributed by atoms with van der Waals surface area (Å²) in [6.45, 7) is 0.355. The first-order valence-corrected chi connectivity index (χ1v) is 4.67. The molecule has 1 aromatic carbocycles. The standard InChI is InChI=1S/C11H14FNO2/c1-13-7-9(11(14)15-2)8-5-3-4-6-10(8)12/h3-6,9,13H,7H2,1-2H3. The second-order valence-corrected chi connectivity index (χ2v) is 3.15. The summed E-state index contributed by atoms with van der Waals surface area (Å²) < 4.78 is 18.1. The fraction of sp³-hybridized carbons (Fsp3) is 0.364. The zero-order chi connectivity index (χ0) is 11.3. The Balaban J connectivity index is 2.98. The number of carbonyl (C=O) groups excluding carboxylic acids is 1. The molecule has 0 saturated heterocycles. The molecule has 1 aromatic rings. The number of esters is 1. The van der Waals surface area contributed by atoms with Crippen LogP contribution in [0.25, 0.3) is 0 Å². The fourth-order valence-corrected chi connectivity index (χ4v) is 1.42. The van der Waals surface area contributed by atoms with Crippen LogP contribution >= 0.6 is 0 Å². The molecule has 3 nitrogen and oxygen atoms in total. The van der Waals surface area contributed by atoms with E-state index in [0.717, 1.165) is 0 Å². The molecule has 0 aliphatic carbocycles. The van der Waals surface area contributed by atoms with Crippen LogP contribution < -0.4 is 5.32 Å². The molecule has 1 atom stereocenters. The molecule has 0 fully saturated rings. The summed E-state index contributed by atoms with van der Waals surface area (Å²) in [5, 5.41) is 2.84. The topological polar surface area (TPSA) is 38.3 Å². The second kappa shape index (κ2) is 5.46. The predicted octanol–water partition coefficient (Wildman–Crippen LogP) is 1.30. The molecule has 1 N–H and O–H groups in total. The third-order valence-electron chi connectivity index (χ3n) is 2.17. The minimum atomic E-state index is -0.596. The maximum atomic E-state index is 13.4. The van der Waals surface area contributed by atoms with Gasteiger partial charge >= 0.3 is 5.97 Å². The maximum Gasteiger partial charge on any atom is 0.314 e. The van der Waals surface area contributed by atoms with Gasteiger partial charge in [0.2, 0.25) is 0 Å². The van der Waals surface area contributed by atoms with Crippen molar-refractivity contribution in [2.45, 2.75) is 5.92 Å². The first kappa shape index (κ1) is 11.7. The number of carbonyl (C=O) groups is 1. The van der Waals surface area contributed by atoms with Gasteiger partial charge in [0.25, 0.3) is 0 Å². The van der Waals surface area contributed by atoms with Gasteiger partial charge in [0.1, 0.15) is 5.82 Å². The Bertz CT molecular complexity index is 341. The molecule has 0 aliphatic rings. The van der Waals surface area contributed by atoms with Gasteiger partial charge in [-0.1, -0.05) is 18.2 Å². The van der Waals surface area contributed by atoms with E-state index in [2.05, 4.69) is 10.1 Å². The van der Waals surface area contributed by atoms with Crippen LogP contribution in [0.3, 0.4) is 0 Å². The van der Waals surface area contributed by atoms with Crippen LogP contribution in [-0.2, 0) is 9.53 Å². The molecule has 15 heavy (non-hydrogen) atoms. The number of benzene rings is 1. The molecule has 0 aliphatic heterocycles. The van der Waals surface area contributed by atoms with Gasteiger partial charge in [0, 0.05) is 12.1 Å². The van der Waals surface area contributed by atoms with Gasteiger partial charge < -0.3 is 10.1 Å². The number of hydrogen-bond acceptors (Lipinski definition) is 3. The van der Waals surface area contributed by atoms with Gasteiger partial charge in [-0.25, -0.2) is 4.39 Å². The van der Waals surface area contributed by atoms with E-state index in [4.69, 9.17) is 0 Å². The maximum absolute atomic E-state index is 13.4. The van der Waals surface area contributed by atoms with E-state index in [1.54, 1.807) is 25.2 Å². The molecular formula is C11H14FNO2. The summed E-state index contributed by atoms with van der Waals surface area (Å²) in [6.07, 6.45) is 0. The molecule has 0 aromatic heterocycles. The highest BCUT2D eigenvalue weighted by molar-refractivity contribution is 5.78. The van der Waals surface area contributed by atoms with Crippen LogP contribution in [0, 0.1) is 5.82 Å². The molecule has 0 bridgehead atoms. The van der Waals surface area contributed by atoms with Crippen molar-refractivity contribution < 1.29 is 13.9 Å². The van der Waals surface area contributed by atoms with E-state index in [0.29, 0.717) is 12.1 Å². The fourth-order valence-electron chi connectivity index (χ4n) is 1.42. The molecule has 0 spiro atoms. The van der Waals surface area contributed by atoms with Crippen molar-refractivity contribution in [3.8, 4) is 0 Å². The molecular weight excluding hydrogens is 197 g/mol. The first-order valence-electron chi connectivity index (χ1n) is 4.67. The summed E-state index contributed by atoms with van der Waals surface area (Å²) in [6, 6.07) is 6.21. The number of rotatable bonds is 4. The molecule has 4 heteroatoms. The summed E-state index contributed by atoms with van der Waals surface area (Å²) in [5.41, 5.74) is 0.360. The number of methoxy groups -OCH3 is 1. The number of ether oxygens (including phenoxy) is 1. The van der Waals surface area contributed by atoms with Gasteiger partial charge in [0.15, 0.2) is 0 Å². The van der Waals surface area contributed by atoms with Crippen LogP contribution in [0.5, 0.6) is 0 Å². The summed E-state index contributed by atoms with van der Waals surface area (Å²) in [4.78, 5) is 11.4. The highest BCUT2D eigenvalue weighted by Gasteiger charge is 2.23. The largest absolute Gasteiger partial charge is 0.469 e. The number of hydrogen-bond donors (Lipinski definition) is 1. The molecule has 0 amide bonds. The number of nitrogens with one attached hydrogen (secondary N) is 1. The van der Waals surface area contributed by atoms with Crippen molar-refractivity contribution in [3.63, 3.8) is 0 Å². The van der Waals surface area contributed by atoms with Crippen LogP contribution in [-0.4, -0.2) is 26.7 Å². The Morgan fingerprint density at radius 3 is 2.73 bits per heavy atom. The van der Waals surface area contributed by atoms with E-state index < -0.39 is 11.9 Å². The number of halogens is 1. The van der Waals surface area contributed by atoms with Crippen molar-refractivity contribution in [1.29, 1.82) is 0 Å². The lowest BCUT2D eigenvalue weighted by atomic mass is 9.99. The third-order valence-corrected chi connectivity index (χ3v) is 2.17. The Morgan fingerprint density at radius 1 is 1.53 bits per heavy atom. The van der Waals surface area contributed by atoms with Crippen molar-refractivity contribution in [2.24, 2.45) is 0 Å². The SMILES string of the molecule is CNCC(C(=O)OC)c1ccccc1F. The zero-order valence-electron chi connectivity index (χ0n) is 8.79. The predicted molar refractivity (Wildman–Crippen MR) is 55.1 cm³/mol. The van der Waals surface area contributed by atoms with Crippen molar-refractivity contribution in [1.82, 2.24) is 5.32 Å². The smallest absolute Gasteiger partial charge is 0.314 e. The van der Waals surface area contributed by atoms with Crippen molar-refractivity contribution >= 4 is 5.97 Å². The van der Waals surface area contributed by atoms with Gasteiger partial charge in [-0.15, -0.1) is 0 Å². The third kappa shape index (κ3) is 2.76. The highest BCUT2D eigenvalue weighted by Crippen LogP contribution is 2.19. The van der Waals surface area contributed by atoms with Crippen LogP contribution in [0.1, 0.15) is 11.5 Å². The van der Waals surface area contributed by atoms with Gasteiger partial charge in [-0.2, -0.15) is 0 Å². The minimum absolute atomic E-state index is 0.355. The molecule has 1 rings (SSSR count). The van der Waals surface area contributed by atoms with Crippen molar-refractivity contribution in [3.05, 3.63) is 35.6 Å². The Hall–Kier alpha value is -1.42. The number of likely N-dealkylation sites (N-methyl/N-ethyl adjacent to an activating group) is 1. The van der Waals surface area contributed by atoms with Crippen LogP contribution in [0.2, 0.25) is 0 Å². The van der Waals surface area contributed by atoms with Gasteiger partial charge in [-0.05, 0) is 13.1 Å². The summed E-state index contributed by atoms with van der Waals surface area (Å²) >= 11 is 0. The van der Waals surface area contributed by atoms with Gasteiger partial charge in [-0.3, -0.25) is 4.79 Å². The van der Waals surface area contributed by atoms with Crippen molar-refractivity contribution in [2.75, 3.05) is 20.7 Å². The van der Waals surface area contributed by atoms with E-state index in [9.17, 15) is 9.18 Å². The van der Waals surface area contributed by atoms with Gasteiger partial charge in [0.05, 0.1) is 13.0 Å². The molecule has 0 heterocycles. The zero-order valence-corrected chi connectivity index (χ0v) is 8.79. The monoisotopic (exact) mass is 211 g/mol. The molecule has 82 valence electrons. The van der Waals surface area contributed by atoms with E-state index >= 15 is 0 Å². The molecule has 0 radical (unpaired) electrons. The first-order chi connectivity index (χ1) is 7.20. The normalized spacial score (nSPS) is 12.2. The Kier molecular flexibility index (Phi) is 4.24.